The van der Waals surface area contributed by atoms with Gasteiger partial charge in [-0.05, 0) is 57.1 Å². The number of amides is 1. The second-order valence-electron chi connectivity index (χ2n) is 12.5. The number of fused-ring (bicyclic) bond motifs is 3. The summed E-state index contributed by atoms with van der Waals surface area (Å²) in [5, 5.41) is 38.2. The minimum atomic E-state index is -2.59. The van der Waals surface area contributed by atoms with Crippen molar-refractivity contribution in [2.45, 2.75) is 43.0 Å². The number of ketones is 2. The zero-order valence-electron chi connectivity index (χ0n) is 25.8. The molecule has 3 aliphatic rings. The molecule has 2 aromatic carbocycles. The van der Waals surface area contributed by atoms with Crippen LogP contribution >= 0.6 is 0 Å². The number of nitrogens with zero attached hydrogens (tertiary/aromatic N) is 2. The van der Waals surface area contributed by atoms with Gasteiger partial charge in [0.15, 0.2) is 22.9 Å². The molecule has 13 heteroatoms. The summed E-state index contributed by atoms with van der Waals surface area (Å²) in [6, 6.07) is 10.5. The van der Waals surface area contributed by atoms with E-state index in [1.165, 1.54) is 4.90 Å². The maximum absolute atomic E-state index is 14.5. The number of likely N-dealkylation sites (N-methyl/N-ethyl adjacent to an activating group) is 1. The van der Waals surface area contributed by atoms with Crippen molar-refractivity contribution in [3.63, 3.8) is 0 Å². The minimum Gasteiger partial charge on any atom is -0.508 e. The summed E-state index contributed by atoms with van der Waals surface area (Å²) >= 11 is 0. The number of aliphatic hydroxyl groups is 2. The van der Waals surface area contributed by atoms with Crippen LogP contribution in [0.15, 0.2) is 59.1 Å². The third-order valence-corrected chi connectivity index (χ3v) is 9.25. The number of carbonyl (C=O) groups excluding carboxylic acids is 3. The topological polar surface area (TPSA) is 218 Å². The fourth-order valence-electron chi connectivity index (χ4n) is 7.21. The summed E-state index contributed by atoms with van der Waals surface area (Å²) in [5.41, 5.74) is 9.93. The number of phenols is 1. The quantitative estimate of drug-likeness (QED) is 0.111. The van der Waals surface area contributed by atoms with Gasteiger partial charge >= 0.3 is 0 Å². The first-order valence-corrected chi connectivity index (χ1v) is 14.6. The van der Waals surface area contributed by atoms with Gasteiger partial charge in [-0.15, -0.1) is 0 Å². The van der Waals surface area contributed by atoms with E-state index in [2.05, 4.69) is 5.32 Å². The molecule has 4 atom stereocenters. The molecule has 3 aliphatic carbocycles. The second kappa shape index (κ2) is 11.6. The van der Waals surface area contributed by atoms with E-state index in [-0.39, 0.29) is 36.3 Å². The summed E-state index contributed by atoms with van der Waals surface area (Å²) in [7, 11) is 6.74. The van der Waals surface area contributed by atoms with Gasteiger partial charge in [-0.25, -0.2) is 0 Å². The number of aromatic hydroxyl groups is 1. The van der Waals surface area contributed by atoms with Crippen LogP contribution in [0.5, 0.6) is 5.75 Å². The Kier molecular flexibility index (Phi) is 8.27. The lowest BCUT2D eigenvalue weighted by atomic mass is 9.56. The zero-order valence-corrected chi connectivity index (χ0v) is 25.8. The molecule has 1 unspecified atom stereocenters. The van der Waals surface area contributed by atoms with Crippen LogP contribution in [-0.2, 0) is 33.8 Å². The SMILES string of the molecule is CN(C)c1cc(CNCCc2ccccc2)c(O)c2c1C[C@@]1(N)C[C@H]3C(N(C)C)C(=O)C(C(N)=O)=C(O)[C@@]3(O)C(ON)=C1C2=O. The molecule has 13 nitrogen and oxygen atoms in total. The Morgan fingerprint density at radius 3 is 2.38 bits per heavy atom. The molecule has 2 aromatic rings. The van der Waals surface area contributed by atoms with Crippen molar-refractivity contribution < 1.29 is 34.5 Å². The van der Waals surface area contributed by atoms with E-state index < -0.39 is 57.7 Å². The highest BCUT2D eigenvalue weighted by molar-refractivity contribution is 6.22. The smallest absolute Gasteiger partial charge is 0.255 e. The van der Waals surface area contributed by atoms with E-state index in [0.29, 0.717) is 23.4 Å². The van der Waals surface area contributed by atoms with Crippen molar-refractivity contribution in [1.82, 2.24) is 10.2 Å². The van der Waals surface area contributed by atoms with Gasteiger partial charge in [0.2, 0.25) is 0 Å². The van der Waals surface area contributed by atoms with E-state index in [1.807, 2.05) is 49.3 Å². The fourth-order valence-corrected chi connectivity index (χ4v) is 7.21. The Hall–Kier alpha value is -4.27. The highest BCUT2D eigenvalue weighted by Crippen LogP contribution is 2.55. The number of hydrogen-bond donors (Lipinski definition) is 7. The van der Waals surface area contributed by atoms with Crippen molar-refractivity contribution in [3.05, 3.63) is 81.3 Å². The first-order chi connectivity index (χ1) is 21.2. The van der Waals surface area contributed by atoms with Gasteiger partial charge in [-0.3, -0.25) is 19.3 Å². The molecule has 1 amide bonds. The molecule has 240 valence electrons. The van der Waals surface area contributed by atoms with Crippen LogP contribution in [0.3, 0.4) is 0 Å². The highest BCUT2D eigenvalue weighted by Gasteiger charge is 2.66. The van der Waals surface area contributed by atoms with Crippen LogP contribution in [-0.4, -0.2) is 89.6 Å². The van der Waals surface area contributed by atoms with Crippen LogP contribution in [0.4, 0.5) is 5.69 Å². The Morgan fingerprint density at radius 2 is 1.80 bits per heavy atom. The predicted molar refractivity (Wildman–Crippen MR) is 166 cm³/mol. The average Bonchev–Trinajstić information content (AvgIpc) is 2.96. The fraction of sp³-hybridized carbons (Fsp3) is 0.406. The molecule has 0 fully saturated rings. The first kappa shape index (κ1) is 32.1. The number of Topliss-reactive ketones (excluding diaryl/α,β-unsaturated/α-hetero) is 2. The molecule has 45 heavy (non-hydrogen) atoms. The summed E-state index contributed by atoms with van der Waals surface area (Å²) in [5.74, 6) is -0.248. The molecule has 0 spiro atoms. The molecule has 0 bridgehead atoms. The maximum atomic E-state index is 14.5. The molecule has 0 saturated heterocycles. The third kappa shape index (κ3) is 4.96. The third-order valence-electron chi connectivity index (χ3n) is 9.25. The first-order valence-electron chi connectivity index (χ1n) is 14.6. The lowest BCUT2D eigenvalue weighted by Crippen LogP contribution is -2.68. The van der Waals surface area contributed by atoms with Crippen LogP contribution in [0.1, 0.15) is 33.5 Å². The zero-order chi connectivity index (χ0) is 33.0. The molecule has 0 radical (unpaired) electrons. The minimum absolute atomic E-state index is 0.00707. The van der Waals surface area contributed by atoms with E-state index in [0.717, 1.165) is 12.0 Å². The van der Waals surface area contributed by atoms with Crippen molar-refractivity contribution >= 4 is 23.2 Å². The molecule has 0 saturated carbocycles. The Bertz CT molecular complexity index is 1640. The van der Waals surface area contributed by atoms with Crippen molar-refractivity contribution in [2.24, 2.45) is 23.3 Å². The van der Waals surface area contributed by atoms with E-state index >= 15 is 0 Å². The number of phenolic OH excluding ortho intramolecular Hbond substituents is 1. The van der Waals surface area contributed by atoms with Crippen molar-refractivity contribution in [1.29, 1.82) is 0 Å². The summed E-state index contributed by atoms with van der Waals surface area (Å²) in [6.07, 6.45) is 0.581. The van der Waals surface area contributed by atoms with Crippen LogP contribution in [0.25, 0.3) is 0 Å². The molecule has 0 aromatic heterocycles. The summed E-state index contributed by atoms with van der Waals surface area (Å²) in [4.78, 5) is 48.7. The van der Waals surface area contributed by atoms with Gasteiger partial charge in [0.05, 0.1) is 22.7 Å². The molecular weight excluding hydrogens is 580 g/mol. The van der Waals surface area contributed by atoms with Gasteiger partial charge in [-0.2, -0.15) is 5.90 Å². The number of hydrogen-bond acceptors (Lipinski definition) is 12. The van der Waals surface area contributed by atoms with Crippen LogP contribution in [0, 0.1) is 5.92 Å². The maximum Gasteiger partial charge on any atom is 0.255 e. The highest BCUT2D eigenvalue weighted by atomic mass is 16.6. The van der Waals surface area contributed by atoms with Gasteiger partial charge in [-0.1, -0.05) is 30.3 Å². The molecule has 10 N–H and O–H groups in total. The number of nitrogens with two attached hydrogens (primary N) is 3. The number of primary amides is 1. The number of carbonyl (C=O) groups is 3. The van der Waals surface area contributed by atoms with E-state index in [9.17, 15) is 29.7 Å². The largest absolute Gasteiger partial charge is 0.508 e. The van der Waals surface area contributed by atoms with Crippen molar-refractivity contribution in [2.75, 3.05) is 39.6 Å². The number of rotatable bonds is 9. The molecular formula is C32H40N6O7. The summed E-state index contributed by atoms with van der Waals surface area (Å²) in [6.45, 7) is 0.860. The Balaban J connectivity index is 1.65. The van der Waals surface area contributed by atoms with Gasteiger partial charge in [0, 0.05) is 37.8 Å². The number of nitrogens with one attached hydrogen (secondary N) is 1. The predicted octanol–water partition coefficient (Wildman–Crippen LogP) is -0.0675. The van der Waals surface area contributed by atoms with Crippen molar-refractivity contribution in [3.8, 4) is 5.75 Å². The standard InChI is InChI=1S/C32H40N6O7/c1-37(2)20-12-17(15-36-11-10-16-8-6-5-7-9-16)25(39)21-18(20)13-31(34)14-19-24(38(3)4)27(41)22(30(33)43)28(42)32(19,44)29(45-35)23(31)26(21)40/h5-9,12,19,24,36,39,42,44H,10-11,13-15,34-35H2,1-4H3,(H2,33,43)/t19-,24?,31+,32+/m0/s1. The number of anilines is 1. The lowest BCUT2D eigenvalue weighted by molar-refractivity contribution is -0.138. The van der Waals surface area contributed by atoms with Crippen LogP contribution < -0.4 is 27.6 Å². The Morgan fingerprint density at radius 1 is 1.13 bits per heavy atom. The van der Waals surface area contributed by atoms with Gasteiger partial charge in [0.1, 0.15) is 17.1 Å². The molecule has 5 rings (SSSR count). The average molecular weight is 621 g/mol. The Labute approximate surface area is 260 Å². The van der Waals surface area contributed by atoms with Gasteiger partial charge in [0.25, 0.3) is 5.91 Å². The monoisotopic (exact) mass is 620 g/mol. The molecule has 0 aliphatic heterocycles. The van der Waals surface area contributed by atoms with E-state index in [4.69, 9.17) is 22.2 Å². The lowest BCUT2D eigenvalue weighted by Gasteiger charge is -2.54. The van der Waals surface area contributed by atoms with Gasteiger partial charge < -0.3 is 41.8 Å². The summed E-state index contributed by atoms with van der Waals surface area (Å²) < 4.78 is 0. The number of aliphatic hydroxyl groups excluding tert-OH is 1. The number of benzene rings is 2. The van der Waals surface area contributed by atoms with Crippen LogP contribution in [0.2, 0.25) is 0 Å². The van der Waals surface area contributed by atoms with E-state index in [1.54, 1.807) is 20.2 Å². The normalized spacial score (nSPS) is 26.0. The molecule has 0 heterocycles. The second-order valence-corrected chi connectivity index (χ2v) is 12.5.